The van der Waals surface area contributed by atoms with Gasteiger partial charge in [0.2, 0.25) is 11.7 Å². The second-order valence-electron chi connectivity index (χ2n) is 5.49. The Morgan fingerprint density at radius 1 is 1.17 bits per heavy atom. The number of Topliss-reactive ketones (excluding diaryl/α,β-unsaturated/α-hetero) is 1. The van der Waals surface area contributed by atoms with Gasteiger partial charge in [-0.1, -0.05) is 6.07 Å². The molecule has 0 saturated carbocycles. The van der Waals surface area contributed by atoms with E-state index in [2.05, 4.69) is 24.8 Å². The second-order valence-corrected chi connectivity index (χ2v) is 5.49. The van der Waals surface area contributed by atoms with Crippen molar-refractivity contribution in [2.24, 2.45) is 0 Å². The number of nitrogens with zero attached hydrogens (tertiary/aromatic N) is 6. The number of ether oxygens (including phenoxy) is 1. The molecule has 0 unspecified atom stereocenters. The Morgan fingerprint density at radius 2 is 2.04 bits per heavy atom. The molecule has 8 heteroatoms. The fraction of sp³-hybridized carbons (Fsp3) is 0.312. The SMILES string of the molecule is O=C(Cn1cnc2cnc(N3CCOCC3)nc21)c1ccccn1. The highest BCUT2D eigenvalue weighted by molar-refractivity contribution is 5.94. The smallest absolute Gasteiger partial charge is 0.227 e. The highest BCUT2D eigenvalue weighted by Crippen LogP contribution is 2.16. The van der Waals surface area contributed by atoms with Crippen molar-refractivity contribution in [3.05, 3.63) is 42.6 Å². The number of carbonyl (C=O) groups is 1. The first-order chi connectivity index (χ1) is 11.8. The van der Waals surface area contributed by atoms with E-state index in [4.69, 9.17) is 4.74 Å². The van der Waals surface area contributed by atoms with E-state index in [1.807, 2.05) is 0 Å². The van der Waals surface area contributed by atoms with E-state index in [-0.39, 0.29) is 12.3 Å². The molecule has 0 radical (unpaired) electrons. The molecule has 4 rings (SSSR count). The van der Waals surface area contributed by atoms with Crippen molar-refractivity contribution in [2.45, 2.75) is 6.54 Å². The molecule has 0 aliphatic carbocycles. The van der Waals surface area contributed by atoms with Gasteiger partial charge in [0.15, 0.2) is 5.65 Å². The number of anilines is 1. The first-order valence-electron chi connectivity index (χ1n) is 7.76. The minimum atomic E-state index is -0.0820. The third-order valence-electron chi connectivity index (χ3n) is 3.90. The number of morpholine rings is 1. The molecule has 0 bridgehead atoms. The van der Waals surface area contributed by atoms with Gasteiger partial charge in [-0.15, -0.1) is 0 Å². The molecule has 3 aromatic rings. The lowest BCUT2D eigenvalue weighted by atomic mass is 10.2. The van der Waals surface area contributed by atoms with Gasteiger partial charge in [-0.25, -0.2) is 9.97 Å². The van der Waals surface area contributed by atoms with Crippen molar-refractivity contribution in [1.29, 1.82) is 0 Å². The summed E-state index contributed by atoms with van der Waals surface area (Å²) in [4.78, 5) is 31.8. The molecule has 0 aromatic carbocycles. The van der Waals surface area contributed by atoms with Crippen LogP contribution in [0.5, 0.6) is 0 Å². The summed E-state index contributed by atoms with van der Waals surface area (Å²) in [5.41, 5.74) is 1.75. The molecule has 0 amide bonds. The van der Waals surface area contributed by atoms with Crippen LogP contribution in [0.4, 0.5) is 5.95 Å². The number of pyridine rings is 1. The lowest BCUT2D eigenvalue weighted by molar-refractivity contribution is 0.0968. The van der Waals surface area contributed by atoms with E-state index in [1.165, 1.54) is 0 Å². The summed E-state index contributed by atoms with van der Waals surface area (Å²) in [6.45, 7) is 2.99. The first kappa shape index (κ1) is 14.7. The number of hydrogen-bond acceptors (Lipinski definition) is 7. The van der Waals surface area contributed by atoms with Crippen LogP contribution in [0.3, 0.4) is 0 Å². The maximum atomic E-state index is 12.4. The van der Waals surface area contributed by atoms with Gasteiger partial charge in [0.05, 0.1) is 32.3 Å². The van der Waals surface area contributed by atoms with Crippen molar-refractivity contribution in [2.75, 3.05) is 31.2 Å². The fourth-order valence-electron chi connectivity index (χ4n) is 2.64. The molecular formula is C16H16N6O2. The van der Waals surface area contributed by atoms with Crippen molar-refractivity contribution in [3.63, 3.8) is 0 Å². The van der Waals surface area contributed by atoms with Gasteiger partial charge in [-0.3, -0.25) is 9.78 Å². The molecule has 1 aliphatic rings. The summed E-state index contributed by atoms with van der Waals surface area (Å²) < 4.78 is 7.09. The van der Waals surface area contributed by atoms with E-state index in [0.717, 1.165) is 13.1 Å². The lowest BCUT2D eigenvalue weighted by Gasteiger charge is -2.26. The molecule has 0 spiro atoms. The number of hydrogen-bond donors (Lipinski definition) is 0. The summed E-state index contributed by atoms with van der Waals surface area (Å²) in [5.74, 6) is 0.555. The third-order valence-corrected chi connectivity index (χ3v) is 3.90. The molecule has 0 N–H and O–H groups in total. The van der Waals surface area contributed by atoms with Crippen LogP contribution in [0.1, 0.15) is 10.5 Å². The van der Waals surface area contributed by atoms with Crippen LogP contribution < -0.4 is 4.90 Å². The Morgan fingerprint density at radius 3 is 2.83 bits per heavy atom. The van der Waals surface area contributed by atoms with Crippen molar-refractivity contribution < 1.29 is 9.53 Å². The Balaban J connectivity index is 1.62. The standard InChI is InChI=1S/C16H16N6O2/c23-14(12-3-1-2-4-17-12)10-22-11-19-13-9-18-16(20-15(13)22)21-5-7-24-8-6-21/h1-4,9,11H,5-8,10H2. The zero-order valence-electron chi connectivity index (χ0n) is 13.0. The number of aromatic nitrogens is 5. The highest BCUT2D eigenvalue weighted by atomic mass is 16.5. The van der Waals surface area contributed by atoms with Crippen LogP contribution in [0.15, 0.2) is 36.9 Å². The quantitative estimate of drug-likeness (QED) is 0.660. The number of carbonyl (C=O) groups excluding carboxylic acids is 1. The molecule has 1 fully saturated rings. The predicted molar refractivity (Wildman–Crippen MR) is 86.9 cm³/mol. The topological polar surface area (TPSA) is 86.0 Å². The first-order valence-corrected chi connectivity index (χ1v) is 7.76. The van der Waals surface area contributed by atoms with E-state index >= 15 is 0 Å². The van der Waals surface area contributed by atoms with E-state index in [9.17, 15) is 4.79 Å². The van der Waals surface area contributed by atoms with E-state index in [0.29, 0.717) is 36.0 Å². The summed E-state index contributed by atoms with van der Waals surface area (Å²) in [6.07, 6.45) is 4.91. The second kappa shape index (κ2) is 6.32. The molecule has 0 atom stereocenters. The average molecular weight is 324 g/mol. The molecule has 1 saturated heterocycles. The summed E-state index contributed by atoms with van der Waals surface area (Å²) in [5, 5.41) is 0. The Kier molecular flexibility index (Phi) is 3.87. The Labute approximate surface area is 138 Å². The normalized spacial score (nSPS) is 14.9. The highest BCUT2D eigenvalue weighted by Gasteiger charge is 2.17. The van der Waals surface area contributed by atoms with Crippen molar-refractivity contribution in [3.8, 4) is 0 Å². The lowest BCUT2D eigenvalue weighted by Crippen LogP contribution is -2.37. The molecule has 24 heavy (non-hydrogen) atoms. The number of rotatable bonds is 4. The summed E-state index contributed by atoms with van der Waals surface area (Å²) in [6, 6.07) is 5.28. The van der Waals surface area contributed by atoms with Gasteiger partial charge < -0.3 is 14.2 Å². The molecule has 8 nitrogen and oxygen atoms in total. The minimum absolute atomic E-state index is 0.0820. The molecule has 3 aromatic heterocycles. The molecular weight excluding hydrogens is 308 g/mol. The Bertz CT molecular complexity index is 857. The van der Waals surface area contributed by atoms with Gasteiger partial charge >= 0.3 is 0 Å². The van der Waals surface area contributed by atoms with Crippen molar-refractivity contribution in [1.82, 2.24) is 24.5 Å². The average Bonchev–Trinajstić information content (AvgIpc) is 3.05. The van der Waals surface area contributed by atoms with Crippen LogP contribution in [0.25, 0.3) is 11.2 Å². The molecule has 122 valence electrons. The van der Waals surface area contributed by atoms with Gasteiger partial charge in [0.25, 0.3) is 0 Å². The van der Waals surface area contributed by atoms with Crippen LogP contribution in [-0.4, -0.2) is 56.6 Å². The van der Waals surface area contributed by atoms with Crippen LogP contribution in [0.2, 0.25) is 0 Å². The zero-order valence-corrected chi connectivity index (χ0v) is 13.0. The number of ketones is 1. The summed E-state index contributed by atoms with van der Waals surface area (Å²) >= 11 is 0. The van der Waals surface area contributed by atoms with E-state index in [1.54, 1.807) is 41.5 Å². The molecule has 1 aliphatic heterocycles. The fourth-order valence-corrected chi connectivity index (χ4v) is 2.64. The molecule has 4 heterocycles. The minimum Gasteiger partial charge on any atom is -0.378 e. The predicted octanol–water partition coefficient (Wildman–Crippen LogP) is 0.941. The number of fused-ring (bicyclic) bond motifs is 1. The van der Waals surface area contributed by atoms with Gasteiger partial charge in [-0.05, 0) is 12.1 Å². The Hall–Kier alpha value is -2.87. The largest absolute Gasteiger partial charge is 0.378 e. The van der Waals surface area contributed by atoms with Gasteiger partial charge in [0.1, 0.15) is 11.2 Å². The van der Waals surface area contributed by atoms with Gasteiger partial charge in [0, 0.05) is 19.3 Å². The summed E-state index contributed by atoms with van der Waals surface area (Å²) in [7, 11) is 0. The van der Waals surface area contributed by atoms with Crippen LogP contribution in [0, 0.1) is 0 Å². The zero-order chi connectivity index (χ0) is 16.4. The monoisotopic (exact) mass is 324 g/mol. The maximum absolute atomic E-state index is 12.4. The van der Waals surface area contributed by atoms with Crippen LogP contribution in [-0.2, 0) is 11.3 Å². The van der Waals surface area contributed by atoms with Crippen LogP contribution >= 0.6 is 0 Å². The maximum Gasteiger partial charge on any atom is 0.227 e. The van der Waals surface area contributed by atoms with Gasteiger partial charge in [-0.2, -0.15) is 4.98 Å². The van der Waals surface area contributed by atoms with E-state index < -0.39 is 0 Å². The third kappa shape index (κ3) is 2.83. The van der Waals surface area contributed by atoms with Crippen molar-refractivity contribution >= 4 is 22.9 Å². The number of imidazole rings is 1.